The van der Waals surface area contributed by atoms with Crippen LogP contribution in [-0.2, 0) is 4.79 Å². The number of carbonyl (C=O) groups is 1. The summed E-state index contributed by atoms with van der Waals surface area (Å²) in [5.41, 5.74) is 5.59. The molecule has 168 valence electrons. The van der Waals surface area contributed by atoms with E-state index in [1.54, 1.807) is 25.6 Å². The van der Waals surface area contributed by atoms with E-state index in [-0.39, 0.29) is 0 Å². The Morgan fingerprint density at radius 1 is 1.09 bits per heavy atom. The van der Waals surface area contributed by atoms with Gasteiger partial charge in [-0.3, -0.25) is 0 Å². The molecule has 4 heterocycles. The van der Waals surface area contributed by atoms with E-state index in [2.05, 4.69) is 55.5 Å². The molecule has 0 spiro atoms. The molecule has 8 heteroatoms. The molecule has 1 saturated heterocycles. The lowest BCUT2D eigenvalue weighted by molar-refractivity contribution is -0.109. The van der Waals surface area contributed by atoms with E-state index in [9.17, 15) is 4.79 Å². The molecule has 4 N–H and O–H groups in total. The molecule has 0 saturated carbocycles. The fourth-order valence-corrected chi connectivity index (χ4v) is 4.43. The highest BCUT2D eigenvalue weighted by Crippen LogP contribution is 2.34. The van der Waals surface area contributed by atoms with Gasteiger partial charge in [0.2, 0.25) is 5.95 Å². The maximum atomic E-state index is 11.8. The van der Waals surface area contributed by atoms with Crippen molar-refractivity contribution < 1.29 is 4.79 Å². The number of hydrogen-bond donors (Lipinski definition) is 4. The van der Waals surface area contributed by atoms with Crippen molar-refractivity contribution >= 4 is 29.8 Å². The second kappa shape index (κ2) is 9.38. The molecular weight excluding hydrogens is 414 g/mol. The van der Waals surface area contributed by atoms with E-state index in [1.807, 2.05) is 12.1 Å². The SMILES string of the molecule is CNc1ncc(-c2cc3c(c(Nc4ccc(C5CCNCC5)cc4)n2)C(C=O)NC=C3)cn1. The average Bonchev–Trinajstić information content (AvgIpc) is 2.89. The Labute approximate surface area is 193 Å². The molecule has 3 aromatic rings. The topological polar surface area (TPSA) is 104 Å². The molecule has 0 bridgehead atoms. The van der Waals surface area contributed by atoms with Crippen molar-refractivity contribution in [3.8, 4) is 11.3 Å². The molecule has 8 nitrogen and oxygen atoms in total. The number of piperidine rings is 1. The number of carbonyl (C=O) groups excluding carboxylic acids is 1. The van der Waals surface area contributed by atoms with Crippen LogP contribution in [0.1, 0.15) is 41.5 Å². The third kappa shape index (κ3) is 4.42. The van der Waals surface area contributed by atoms with E-state index >= 15 is 0 Å². The van der Waals surface area contributed by atoms with E-state index in [0.717, 1.165) is 60.3 Å². The zero-order valence-electron chi connectivity index (χ0n) is 18.5. The minimum Gasteiger partial charge on any atom is -0.378 e. The second-order valence-corrected chi connectivity index (χ2v) is 8.29. The third-order valence-corrected chi connectivity index (χ3v) is 6.23. The van der Waals surface area contributed by atoms with Gasteiger partial charge in [0.25, 0.3) is 0 Å². The first-order valence-electron chi connectivity index (χ1n) is 11.3. The molecule has 1 aromatic carbocycles. The van der Waals surface area contributed by atoms with Gasteiger partial charge < -0.3 is 26.1 Å². The molecule has 1 fully saturated rings. The summed E-state index contributed by atoms with van der Waals surface area (Å²) < 4.78 is 0. The first kappa shape index (κ1) is 21.1. The number of fused-ring (bicyclic) bond motifs is 1. The van der Waals surface area contributed by atoms with Crippen molar-refractivity contribution in [2.45, 2.75) is 24.8 Å². The van der Waals surface area contributed by atoms with Crippen molar-refractivity contribution in [2.75, 3.05) is 30.8 Å². The lowest BCUT2D eigenvalue weighted by Gasteiger charge is -2.24. The molecule has 33 heavy (non-hydrogen) atoms. The Bertz CT molecular complexity index is 1150. The fourth-order valence-electron chi connectivity index (χ4n) is 4.43. The zero-order valence-corrected chi connectivity index (χ0v) is 18.5. The molecule has 0 radical (unpaired) electrons. The Morgan fingerprint density at radius 3 is 2.55 bits per heavy atom. The molecule has 0 aliphatic carbocycles. The van der Waals surface area contributed by atoms with Gasteiger partial charge in [-0.15, -0.1) is 0 Å². The van der Waals surface area contributed by atoms with Gasteiger partial charge in [-0.2, -0.15) is 0 Å². The van der Waals surface area contributed by atoms with Crippen LogP contribution in [0.3, 0.4) is 0 Å². The van der Waals surface area contributed by atoms with E-state index in [0.29, 0.717) is 17.7 Å². The summed E-state index contributed by atoms with van der Waals surface area (Å²) in [7, 11) is 1.78. The fraction of sp³-hybridized carbons (Fsp3) is 0.280. The summed E-state index contributed by atoms with van der Waals surface area (Å²) in [6.45, 7) is 2.14. The Kier molecular flexibility index (Phi) is 5.99. The zero-order chi connectivity index (χ0) is 22.6. The molecule has 0 amide bonds. The molecule has 1 atom stereocenters. The minimum absolute atomic E-state index is 0.467. The number of pyridine rings is 1. The minimum atomic E-state index is -0.467. The molecule has 2 aliphatic heterocycles. The van der Waals surface area contributed by atoms with Crippen molar-refractivity contribution in [2.24, 2.45) is 0 Å². The summed E-state index contributed by atoms with van der Waals surface area (Å²) in [4.78, 5) is 25.3. The van der Waals surface area contributed by atoms with Crippen LogP contribution in [0.15, 0.2) is 48.9 Å². The Hall–Kier alpha value is -3.78. The van der Waals surface area contributed by atoms with Crippen LogP contribution in [0, 0.1) is 0 Å². The summed E-state index contributed by atoms with van der Waals surface area (Å²) in [5.74, 6) is 1.79. The quantitative estimate of drug-likeness (QED) is 0.430. The summed E-state index contributed by atoms with van der Waals surface area (Å²) in [5, 5.41) is 12.9. The van der Waals surface area contributed by atoms with E-state index < -0.39 is 6.04 Å². The van der Waals surface area contributed by atoms with Crippen LogP contribution < -0.4 is 21.3 Å². The van der Waals surface area contributed by atoms with Crippen molar-refractivity contribution in [1.82, 2.24) is 25.6 Å². The summed E-state index contributed by atoms with van der Waals surface area (Å²) in [6, 6.07) is 10.1. The van der Waals surface area contributed by atoms with Crippen LogP contribution >= 0.6 is 0 Å². The maximum Gasteiger partial charge on any atom is 0.222 e. The monoisotopic (exact) mass is 441 g/mol. The van der Waals surface area contributed by atoms with Gasteiger partial charge in [-0.1, -0.05) is 12.1 Å². The average molecular weight is 442 g/mol. The second-order valence-electron chi connectivity index (χ2n) is 8.29. The predicted molar refractivity (Wildman–Crippen MR) is 130 cm³/mol. The third-order valence-electron chi connectivity index (χ3n) is 6.23. The predicted octanol–water partition coefficient (Wildman–Crippen LogP) is 3.60. The molecule has 2 aliphatic rings. The highest BCUT2D eigenvalue weighted by atomic mass is 16.1. The van der Waals surface area contributed by atoms with Crippen LogP contribution in [-0.4, -0.2) is 41.4 Å². The van der Waals surface area contributed by atoms with Gasteiger partial charge in [-0.05, 0) is 73.5 Å². The molecular formula is C25H27N7O. The number of nitrogens with zero attached hydrogens (tertiary/aromatic N) is 3. The first-order valence-corrected chi connectivity index (χ1v) is 11.3. The van der Waals surface area contributed by atoms with Crippen molar-refractivity contribution in [1.29, 1.82) is 0 Å². The Morgan fingerprint density at radius 2 is 1.85 bits per heavy atom. The molecule has 5 rings (SSSR count). The standard InChI is InChI=1S/C25H27N7O/c1-26-25-29-13-19(14-30-25)21-12-18-8-11-28-22(15-33)23(18)24(32-21)31-20-4-2-16(3-5-20)17-6-9-27-10-7-17/h2-5,8,11-15,17,22,27-28H,6-7,9-10H2,1H3,(H,31,32)(H,26,29,30). The van der Waals surface area contributed by atoms with Gasteiger partial charge in [0.15, 0.2) is 0 Å². The van der Waals surface area contributed by atoms with Crippen LogP contribution in [0.25, 0.3) is 17.3 Å². The first-order chi connectivity index (χ1) is 16.2. The van der Waals surface area contributed by atoms with Crippen LogP contribution in [0.2, 0.25) is 0 Å². The maximum absolute atomic E-state index is 11.8. The van der Waals surface area contributed by atoms with Gasteiger partial charge in [0.1, 0.15) is 18.1 Å². The van der Waals surface area contributed by atoms with Gasteiger partial charge in [-0.25, -0.2) is 15.0 Å². The lowest BCUT2D eigenvalue weighted by atomic mass is 9.90. The summed E-state index contributed by atoms with van der Waals surface area (Å²) in [6.07, 6.45) is 10.5. The van der Waals surface area contributed by atoms with Gasteiger partial charge >= 0.3 is 0 Å². The van der Waals surface area contributed by atoms with Crippen LogP contribution in [0.5, 0.6) is 0 Å². The Balaban J connectivity index is 1.49. The highest BCUT2D eigenvalue weighted by Gasteiger charge is 2.23. The van der Waals surface area contributed by atoms with Gasteiger partial charge in [0.05, 0.1) is 5.69 Å². The van der Waals surface area contributed by atoms with Gasteiger partial charge in [0, 0.05) is 36.3 Å². The molecule has 2 aromatic heterocycles. The smallest absolute Gasteiger partial charge is 0.222 e. The van der Waals surface area contributed by atoms with Crippen LogP contribution in [0.4, 0.5) is 17.5 Å². The highest BCUT2D eigenvalue weighted by molar-refractivity contribution is 5.79. The lowest BCUT2D eigenvalue weighted by Crippen LogP contribution is -2.26. The summed E-state index contributed by atoms with van der Waals surface area (Å²) >= 11 is 0. The molecule has 1 unspecified atom stereocenters. The number of aromatic nitrogens is 3. The normalized spacial score (nSPS) is 17.7. The number of benzene rings is 1. The van der Waals surface area contributed by atoms with Crippen molar-refractivity contribution in [3.63, 3.8) is 0 Å². The largest absolute Gasteiger partial charge is 0.378 e. The van der Waals surface area contributed by atoms with E-state index in [1.165, 1.54) is 5.56 Å². The number of aldehydes is 1. The number of hydrogen-bond acceptors (Lipinski definition) is 8. The number of anilines is 3. The van der Waals surface area contributed by atoms with Crippen molar-refractivity contribution in [3.05, 3.63) is 65.6 Å². The number of rotatable bonds is 6. The van der Waals surface area contributed by atoms with E-state index in [4.69, 9.17) is 4.98 Å². The number of nitrogens with one attached hydrogen (secondary N) is 4.